The molecule has 7 heteroatoms. The van der Waals surface area contributed by atoms with Crippen molar-refractivity contribution in [2.45, 2.75) is 9.79 Å². The second kappa shape index (κ2) is 4.43. The minimum absolute atomic E-state index is 0.0533. The lowest BCUT2D eigenvalue weighted by molar-refractivity contribution is 0.534. The molecule has 2 atom stereocenters. The number of hydrogen-bond donors (Lipinski definition) is 0. The summed E-state index contributed by atoms with van der Waals surface area (Å²) in [7, 11) is 0. The molecule has 0 spiro atoms. The minimum Gasteiger partial charge on any atom is -0.768 e. The van der Waals surface area contributed by atoms with Crippen molar-refractivity contribution in [2.24, 2.45) is 0 Å². The zero-order valence-electron chi connectivity index (χ0n) is 6.06. The first-order chi connectivity index (χ1) is 6.02. The average molecular weight is 283 g/mol. The molecule has 0 heterocycles. The first kappa shape index (κ1) is 11.0. The van der Waals surface area contributed by atoms with Gasteiger partial charge in [-0.3, -0.25) is 8.42 Å². The van der Waals surface area contributed by atoms with E-state index in [1.54, 1.807) is 0 Å². The molecule has 0 aliphatic rings. The summed E-state index contributed by atoms with van der Waals surface area (Å²) in [6.45, 7) is 0. The van der Waals surface area contributed by atoms with Crippen LogP contribution >= 0.6 is 15.9 Å². The topological polar surface area (TPSA) is 80.3 Å². The van der Waals surface area contributed by atoms with E-state index >= 15 is 0 Å². The Bertz CT molecular complexity index is 379. The van der Waals surface area contributed by atoms with Crippen LogP contribution < -0.4 is 0 Å². The van der Waals surface area contributed by atoms with Crippen molar-refractivity contribution in [2.75, 3.05) is 0 Å². The van der Waals surface area contributed by atoms with Crippen molar-refractivity contribution in [3.63, 3.8) is 0 Å². The number of benzene rings is 1. The van der Waals surface area contributed by atoms with Crippen LogP contribution in [0.25, 0.3) is 0 Å². The fourth-order valence-corrected chi connectivity index (χ4v) is 2.28. The summed E-state index contributed by atoms with van der Waals surface area (Å²) >= 11 is -1.86. The molecule has 0 aliphatic heterocycles. The molecular formula is C6H3BrO4S2-2. The Labute approximate surface area is 88.1 Å². The third kappa shape index (κ3) is 2.68. The lowest BCUT2D eigenvalue weighted by Crippen LogP contribution is -1.94. The van der Waals surface area contributed by atoms with Crippen molar-refractivity contribution in [1.82, 2.24) is 0 Å². The molecule has 1 aromatic carbocycles. The first-order valence-corrected chi connectivity index (χ1v) is 5.94. The molecule has 4 nitrogen and oxygen atoms in total. The zero-order valence-corrected chi connectivity index (χ0v) is 9.28. The van der Waals surface area contributed by atoms with Crippen LogP contribution in [-0.2, 0) is 22.2 Å². The van der Waals surface area contributed by atoms with Gasteiger partial charge in [0.2, 0.25) is 0 Å². The van der Waals surface area contributed by atoms with Gasteiger partial charge in [0.1, 0.15) is 0 Å². The quantitative estimate of drug-likeness (QED) is 0.756. The van der Waals surface area contributed by atoms with E-state index in [0.717, 1.165) is 6.07 Å². The fourth-order valence-electron chi connectivity index (χ4n) is 0.715. The van der Waals surface area contributed by atoms with Gasteiger partial charge in [-0.2, -0.15) is 0 Å². The summed E-state index contributed by atoms with van der Waals surface area (Å²) in [5, 5.41) is 0. The van der Waals surface area contributed by atoms with Gasteiger partial charge in [0.15, 0.2) is 0 Å². The van der Waals surface area contributed by atoms with Gasteiger partial charge in [-0.05, 0) is 56.3 Å². The van der Waals surface area contributed by atoms with Crippen molar-refractivity contribution in [1.29, 1.82) is 0 Å². The Balaban J connectivity index is 3.27. The molecule has 0 radical (unpaired) electrons. The minimum atomic E-state index is -2.44. The van der Waals surface area contributed by atoms with Crippen molar-refractivity contribution in [3.8, 4) is 0 Å². The van der Waals surface area contributed by atoms with Crippen molar-refractivity contribution >= 4 is 38.1 Å². The smallest absolute Gasteiger partial charge is 0.0402 e. The molecule has 0 aliphatic carbocycles. The van der Waals surface area contributed by atoms with Gasteiger partial charge in [0.05, 0.1) is 0 Å². The van der Waals surface area contributed by atoms with Crippen LogP contribution in [0.3, 0.4) is 0 Å². The van der Waals surface area contributed by atoms with Gasteiger partial charge in [-0.25, -0.2) is 0 Å². The molecular weight excluding hydrogens is 280 g/mol. The first-order valence-electron chi connectivity index (χ1n) is 3.00. The Morgan fingerprint density at radius 3 is 2.23 bits per heavy atom. The summed E-state index contributed by atoms with van der Waals surface area (Å²) in [6.07, 6.45) is 0. The van der Waals surface area contributed by atoms with Crippen LogP contribution in [0.5, 0.6) is 0 Å². The van der Waals surface area contributed by atoms with Gasteiger partial charge in [-0.15, -0.1) is 0 Å². The molecule has 0 fully saturated rings. The number of hydrogen-bond acceptors (Lipinski definition) is 4. The Morgan fingerprint density at radius 2 is 1.77 bits per heavy atom. The molecule has 0 amide bonds. The maximum atomic E-state index is 10.6. The molecule has 0 saturated carbocycles. The Hall–Kier alpha value is -0.0800. The van der Waals surface area contributed by atoms with Crippen LogP contribution in [0.1, 0.15) is 0 Å². The summed E-state index contributed by atoms with van der Waals surface area (Å²) in [5.41, 5.74) is 0. The van der Waals surface area contributed by atoms with E-state index in [4.69, 9.17) is 0 Å². The summed E-state index contributed by atoms with van der Waals surface area (Å²) in [6, 6.07) is 3.76. The standard InChI is InChI=1S/C6H5BrO4S2/c7-5-2-1-4(12(8)9)3-6(5)13(10)11/h1-3H,(H,8,9)(H,10,11)/p-2. The molecule has 0 saturated heterocycles. The van der Waals surface area contributed by atoms with E-state index in [2.05, 4.69) is 15.9 Å². The molecule has 72 valence electrons. The Kier molecular flexibility index (Phi) is 3.74. The van der Waals surface area contributed by atoms with Crippen molar-refractivity contribution < 1.29 is 17.5 Å². The maximum Gasteiger partial charge on any atom is 0.0402 e. The van der Waals surface area contributed by atoms with E-state index in [0.29, 0.717) is 4.47 Å². The van der Waals surface area contributed by atoms with E-state index in [1.165, 1.54) is 12.1 Å². The summed E-state index contributed by atoms with van der Waals surface area (Å²) in [4.78, 5) is -0.121. The highest BCUT2D eigenvalue weighted by molar-refractivity contribution is 9.10. The van der Waals surface area contributed by atoms with Gasteiger partial charge in [0, 0.05) is 14.3 Å². The zero-order chi connectivity index (χ0) is 10.0. The van der Waals surface area contributed by atoms with Crippen LogP contribution in [0.2, 0.25) is 0 Å². The molecule has 1 aromatic rings. The summed E-state index contributed by atoms with van der Waals surface area (Å²) in [5.74, 6) is 0. The number of rotatable bonds is 2. The van der Waals surface area contributed by atoms with Gasteiger partial charge < -0.3 is 9.11 Å². The van der Waals surface area contributed by atoms with E-state index in [9.17, 15) is 17.5 Å². The van der Waals surface area contributed by atoms with Gasteiger partial charge in [-0.1, -0.05) is 0 Å². The van der Waals surface area contributed by atoms with E-state index in [1.807, 2.05) is 0 Å². The van der Waals surface area contributed by atoms with Crippen LogP contribution in [0, 0.1) is 0 Å². The highest BCUT2D eigenvalue weighted by atomic mass is 79.9. The Morgan fingerprint density at radius 1 is 1.15 bits per heavy atom. The maximum absolute atomic E-state index is 10.6. The second-order valence-electron chi connectivity index (χ2n) is 2.06. The number of halogens is 1. The third-order valence-corrected chi connectivity index (χ3v) is 3.56. The molecule has 0 aromatic heterocycles. The monoisotopic (exact) mass is 282 g/mol. The highest BCUT2D eigenvalue weighted by Gasteiger charge is 2.02. The van der Waals surface area contributed by atoms with Crippen LogP contribution in [0.4, 0.5) is 0 Å². The van der Waals surface area contributed by atoms with Crippen LogP contribution in [-0.4, -0.2) is 17.5 Å². The van der Waals surface area contributed by atoms with Gasteiger partial charge in [0.25, 0.3) is 0 Å². The third-order valence-electron chi connectivity index (χ3n) is 1.27. The highest BCUT2D eigenvalue weighted by Crippen LogP contribution is 2.22. The van der Waals surface area contributed by atoms with E-state index < -0.39 is 22.2 Å². The van der Waals surface area contributed by atoms with E-state index in [-0.39, 0.29) is 9.79 Å². The average Bonchev–Trinajstić information content (AvgIpc) is 2.04. The predicted octanol–water partition coefficient (Wildman–Crippen LogP) is 0.925. The molecule has 13 heavy (non-hydrogen) atoms. The van der Waals surface area contributed by atoms with Crippen molar-refractivity contribution in [3.05, 3.63) is 22.7 Å². The predicted molar refractivity (Wildman–Crippen MR) is 48.5 cm³/mol. The second-order valence-corrected chi connectivity index (χ2v) is 4.77. The lowest BCUT2D eigenvalue weighted by atomic mass is 10.4. The SMILES string of the molecule is O=S([O-])c1ccc(Br)c(S(=O)[O-])c1. The molecule has 0 bridgehead atoms. The van der Waals surface area contributed by atoms with Gasteiger partial charge >= 0.3 is 0 Å². The van der Waals surface area contributed by atoms with Crippen LogP contribution in [0.15, 0.2) is 32.5 Å². The normalized spacial score (nSPS) is 15.3. The lowest BCUT2D eigenvalue weighted by Gasteiger charge is -2.11. The summed E-state index contributed by atoms with van der Waals surface area (Å²) < 4.78 is 42.4. The fraction of sp³-hybridized carbons (Fsp3) is 0. The molecule has 2 unspecified atom stereocenters. The molecule has 0 N–H and O–H groups in total. The molecule has 1 rings (SSSR count). The largest absolute Gasteiger partial charge is 0.768 e.